The van der Waals surface area contributed by atoms with E-state index in [0.717, 1.165) is 42.7 Å². The van der Waals surface area contributed by atoms with Crippen molar-refractivity contribution in [2.24, 2.45) is 0 Å². The normalized spacial score (nSPS) is 11.6. The summed E-state index contributed by atoms with van der Waals surface area (Å²) in [6.07, 6.45) is 0. The molecule has 0 aliphatic heterocycles. The molecule has 0 bridgehead atoms. The zero-order valence-corrected chi connectivity index (χ0v) is 21.1. The average molecular weight is 543 g/mol. The number of fused-ring (bicyclic) bond motifs is 6. The first-order valence-corrected chi connectivity index (χ1v) is 12.8. The molecule has 5 heteroatoms. The fourth-order valence-electron chi connectivity index (χ4n) is 5.33. The fraction of sp³-hybridized carbons (Fsp3) is 0. The van der Waals surface area contributed by atoms with E-state index in [0.29, 0.717) is 16.5 Å². The molecule has 0 saturated carbocycles. The van der Waals surface area contributed by atoms with Crippen LogP contribution in [-0.4, -0.2) is 9.13 Å². The molecule has 7 aromatic rings. The highest BCUT2D eigenvalue weighted by molar-refractivity contribution is 9.10. The van der Waals surface area contributed by atoms with Crippen LogP contribution in [0.1, 0.15) is 0 Å². The smallest absolute Gasteiger partial charge is 0.265 e. The molecule has 0 spiro atoms. The van der Waals surface area contributed by atoms with E-state index in [1.54, 1.807) is 18.2 Å². The highest BCUT2D eigenvalue weighted by Gasteiger charge is 2.17. The lowest BCUT2D eigenvalue weighted by molar-refractivity contribution is 0.975. The van der Waals surface area contributed by atoms with Crippen LogP contribution in [0, 0.1) is 0 Å². The summed E-state index contributed by atoms with van der Waals surface area (Å²) in [4.78, 5) is 28.0. The van der Waals surface area contributed by atoms with Crippen molar-refractivity contribution in [2.75, 3.05) is 0 Å². The van der Waals surface area contributed by atoms with Crippen LogP contribution in [0.2, 0.25) is 0 Å². The Bertz CT molecular complexity index is 2130. The number of rotatable bonds is 2. The number of hydrogen-bond donors (Lipinski definition) is 0. The van der Waals surface area contributed by atoms with E-state index in [9.17, 15) is 9.59 Å². The summed E-state index contributed by atoms with van der Waals surface area (Å²) in [5, 5.41) is 4.53. The Morgan fingerprint density at radius 3 is 1.78 bits per heavy atom. The molecule has 0 unspecified atom stereocenters. The van der Waals surface area contributed by atoms with E-state index in [-0.39, 0.29) is 11.1 Å². The molecular formula is C32H19BrN2O2. The molecule has 0 atom stereocenters. The lowest BCUT2D eigenvalue weighted by Gasteiger charge is -2.08. The van der Waals surface area contributed by atoms with Gasteiger partial charge >= 0.3 is 0 Å². The van der Waals surface area contributed by atoms with Crippen LogP contribution < -0.4 is 11.1 Å². The van der Waals surface area contributed by atoms with Gasteiger partial charge in [0.05, 0.1) is 16.7 Å². The van der Waals surface area contributed by atoms with Crippen LogP contribution in [0.5, 0.6) is 0 Å². The first-order valence-electron chi connectivity index (χ1n) is 12.0. The second kappa shape index (κ2) is 8.29. The van der Waals surface area contributed by atoms with Crippen LogP contribution in [-0.2, 0) is 0 Å². The first kappa shape index (κ1) is 21.8. The number of aromatic nitrogens is 2. The minimum absolute atomic E-state index is 0.334. The summed E-state index contributed by atoms with van der Waals surface area (Å²) < 4.78 is 4.39. The summed E-state index contributed by atoms with van der Waals surface area (Å²) >= 11 is 3.45. The maximum absolute atomic E-state index is 14.1. The molecule has 7 rings (SSSR count). The van der Waals surface area contributed by atoms with Gasteiger partial charge in [-0.25, -0.2) is 4.57 Å². The van der Waals surface area contributed by atoms with Gasteiger partial charge in [0.1, 0.15) is 0 Å². The van der Waals surface area contributed by atoms with Crippen molar-refractivity contribution < 1.29 is 0 Å². The van der Waals surface area contributed by atoms with E-state index in [4.69, 9.17) is 0 Å². The van der Waals surface area contributed by atoms with E-state index >= 15 is 0 Å². The monoisotopic (exact) mass is 542 g/mol. The maximum atomic E-state index is 14.1. The Balaban J connectivity index is 1.74. The number of hydrogen-bond acceptors (Lipinski definition) is 2. The highest BCUT2D eigenvalue weighted by atomic mass is 79.9. The molecule has 2 aromatic heterocycles. The zero-order chi connectivity index (χ0) is 25.1. The summed E-state index contributed by atoms with van der Waals surface area (Å²) in [6, 6.07) is 37.1. The maximum Gasteiger partial charge on any atom is 0.265 e. The summed E-state index contributed by atoms with van der Waals surface area (Å²) in [7, 11) is 0. The summed E-state index contributed by atoms with van der Waals surface area (Å²) in [5.74, 6) is 0. The third-order valence-electron chi connectivity index (χ3n) is 7.00. The van der Waals surface area contributed by atoms with Crippen LogP contribution in [0.25, 0.3) is 54.7 Å². The Hall–Kier alpha value is -4.48. The average Bonchev–Trinajstić information content (AvgIpc) is 3.23. The molecule has 5 aromatic carbocycles. The van der Waals surface area contributed by atoms with Gasteiger partial charge in [0.25, 0.3) is 11.1 Å². The topological polar surface area (TPSA) is 44.0 Å². The van der Waals surface area contributed by atoms with Crippen LogP contribution in [0.4, 0.5) is 0 Å². The molecule has 0 amide bonds. The van der Waals surface area contributed by atoms with Gasteiger partial charge in [-0.2, -0.15) is 0 Å². The second-order valence-electron chi connectivity index (χ2n) is 9.07. The highest BCUT2D eigenvalue weighted by Crippen LogP contribution is 2.35. The quantitative estimate of drug-likeness (QED) is 0.229. The van der Waals surface area contributed by atoms with Gasteiger partial charge in [-0.3, -0.25) is 9.59 Å². The Labute approximate surface area is 219 Å². The standard InChI is InChI=1S/C32H19BrN2O2/c33-20-14-16-22(17-15-20)35-31(36)25-12-5-4-10-23(25)26-19-30-27(18-28(26)32(35)37)24-11-6-7-13-29(24)34(30)21-8-2-1-3-9-21/h1-19H. The molecule has 176 valence electrons. The predicted molar refractivity (Wildman–Crippen MR) is 155 cm³/mol. The first-order chi connectivity index (χ1) is 18.1. The molecule has 4 nitrogen and oxygen atoms in total. The van der Waals surface area contributed by atoms with Gasteiger partial charge in [-0.1, -0.05) is 70.5 Å². The van der Waals surface area contributed by atoms with Gasteiger partial charge in [0, 0.05) is 31.7 Å². The van der Waals surface area contributed by atoms with Gasteiger partial charge in [-0.15, -0.1) is 0 Å². The summed E-state index contributed by atoms with van der Waals surface area (Å²) in [6.45, 7) is 0. The summed E-state index contributed by atoms with van der Waals surface area (Å²) in [5.41, 5.74) is 2.95. The van der Waals surface area contributed by atoms with E-state index in [1.165, 1.54) is 4.57 Å². The minimum atomic E-state index is -0.336. The molecule has 37 heavy (non-hydrogen) atoms. The number of benzene rings is 5. The molecule has 0 saturated heterocycles. The SMILES string of the molecule is O=c1c2ccccc2c2cc3c(cc2c(=O)n1-c1ccc(Br)cc1)c1ccccc1n3-c1ccccc1. The Morgan fingerprint density at radius 1 is 0.432 bits per heavy atom. The van der Waals surface area contributed by atoms with Gasteiger partial charge in [0.2, 0.25) is 0 Å². The molecule has 0 N–H and O–H groups in total. The van der Waals surface area contributed by atoms with Crippen molar-refractivity contribution in [2.45, 2.75) is 0 Å². The van der Waals surface area contributed by atoms with E-state index in [2.05, 4.69) is 50.8 Å². The van der Waals surface area contributed by atoms with Crippen LogP contribution in [0.15, 0.2) is 129 Å². The van der Waals surface area contributed by atoms with Crippen molar-refractivity contribution in [3.8, 4) is 11.4 Å². The molecule has 0 fully saturated rings. The number of halogens is 1. The van der Waals surface area contributed by atoms with Crippen molar-refractivity contribution in [1.29, 1.82) is 0 Å². The molecule has 0 aliphatic carbocycles. The fourth-order valence-corrected chi connectivity index (χ4v) is 5.60. The lowest BCUT2D eigenvalue weighted by atomic mass is 10.0. The predicted octanol–water partition coefficient (Wildman–Crippen LogP) is 7.36. The second-order valence-corrected chi connectivity index (χ2v) is 9.99. The van der Waals surface area contributed by atoms with Crippen molar-refractivity contribution in [3.05, 3.63) is 140 Å². The zero-order valence-electron chi connectivity index (χ0n) is 19.6. The molecule has 0 aliphatic rings. The molecule has 2 heterocycles. The minimum Gasteiger partial charge on any atom is -0.309 e. The number of nitrogens with zero attached hydrogens (tertiary/aromatic N) is 2. The third kappa shape index (κ3) is 3.28. The van der Waals surface area contributed by atoms with Crippen molar-refractivity contribution >= 4 is 59.3 Å². The van der Waals surface area contributed by atoms with Crippen LogP contribution in [0.3, 0.4) is 0 Å². The van der Waals surface area contributed by atoms with E-state index < -0.39 is 0 Å². The van der Waals surface area contributed by atoms with E-state index in [1.807, 2.05) is 66.7 Å². The molecule has 0 radical (unpaired) electrons. The lowest BCUT2D eigenvalue weighted by Crippen LogP contribution is -2.28. The number of para-hydroxylation sites is 2. The van der Waals surface area contributed by atoms with Crippen LogP contribution >= 0.6 is 15.9 Å². The third-order valence-corrected chi connectivity index (χ3v) is 7.52. The Morgan fingerprint density at radius 2 is 1.03 bits per heavy atom. The van der Waals surface area contributed by atoms with Gasteiger partial charge in [-0.05, 0) is 71.4 Å². The van der Waals surface area contributed by atoms with Crippen molar-refractivity contribution in [3.63, 3.8) is 0 Å². The Kier molecular flexibility index (Phi) is 4.88. The van der Waals surface area contributed by atoms with Gasteiger partial charge in [0.15, 0.2) is 0 Å². The van der Waals surface area contributed by atoms with Crippen molar-refractivity contribution in [1.82, 2.24) is 9.13 Å². The largest absolute Gasteiger partial charge is 0.309 e. The molecular weight excluding hydrogens is 524 g/mol. The van der Waals surface area contributed by atoms with Gasteiger partial charge < -0.3 is 4.57 Å².